The predicted octanol–water partition coefficient (Wildman–Crippen LogP) is 4.61. The molecule has 2 aromatic carbocycles. The Labute approximate surface area is 131 Å². The molecule has 0 unspecified atom stereocenters. The second kappa shape index (κ2) is 7.04. The van der Waals surface area contributed by atoms with Gasteiger partial charge in [-0.3, -0.25) is 5.41 Å². The summed E-state index contributed by atoms with van der Waals surface area (Å²) in [4.78, 5) is 0. The van der Waals surface area contributed by atoms with E-state index in [-0.39, 0.29) is 11.7 Å². The minimum atomic E-state index is -4.75. The van der Waals surface area contributed by atoms with Crippen molar-refractivity contribution < 1.29 is 17.9 Å². The van der Waals surface area contributed by atoms with Crippen molar-refractivity contribution >= 4 is 17.3 Å². The lowest BCUT2D eigenvalue weighted by Crippen LogP contribution is -2.21. The molecule has 3 N–H and O–H groups in total. The van der Waals surface area contributed by atoms with Gasteiger partial charge in [-0.1, -0.05) is 25.1 Å². The van der Waals surface area contributed by atoms with Crippen LogP contribution >= 0.6 is 0 Å². The molecule has 0 heterocycles. The minimum Gasteiger partial charge on any atom is -0.406 e. The van der Waals surface area contributed by atoms with Crippen LogP contribution in [0.4, 0.5) is 24.5 Å². The molecule has 0 aliphatic rings. The highest BCUT2D eigenvalue weighted by Crippen LogP contribution is 2.25. The molecule has 0 atom stereocenters. The lowest BCUT2D eigenvalue weighted by molar-refractivity contribution is -0.274. The van der Waals surface area contributed by atoms with E-state index in [1.165, 1.54) is 18.2 Å². The topological polar surface area (TPSA) is 57.1 Å². The summed E-state index contributed by atoms with van der Waals surface area (Å²) >= 11 is 0. The maximum absolute atomic E-state index is 12.2. The number of aryl methyl sites for hydroxylation is 1. The van der Waals surface area contributed by atoms with Crippen molar-refractivity contribution in [2.24, 2.45) is 0 Å². The standard InChI is InChI=1S/C16H16F3N3O/c1-2-11-5-3-6-12(9-11)21-15(20)22-13-7-4-8-14(10-13)23-16(17,18)19/h3-10H,2H2,1H3,(H3,20,21,22). The fourth-order valence-electron chi connectivity index (χ4n) is 1.96. The van der Waals surface area contributed by atoms with Gasteiger partial charge in [0.25, 0.3) is 0 Å². The van der Waals surface area contributed by atoms with Crippen LogP contribution in [-0.2, 0) is 6.42 Å². The molecule has 2 aromatic rings. The van der Waals surface area contributed by atoms with Gasteiger partial charge in [-0.2, -0.15) is 0 Å². The highest BCUT2D eigenvalue weighted by atomic mass is 19.4. The van der Waals surface area contributed by atoms with Gasteiger partial charge in [-0.15, -0.1) is 13.2 Å². The SMILES string of the molecule is CCc1cccc(NC(=N)Nc2cccc(OC(F)(F)F)c2)c1. The molecule has 0 aromatic heterocycles. The first kappa shape index (κ1) is 16.7. The predicted molar refractivity (Wildman–Crippen MR) is 83.9 cm³/mol. The van der Waals surface area contributed by atoms with Crippen LogP contribution in [0, 0.1) is 5.41 Å². The van der Waals surface area contributed by atoms with E-state index in [4.69, 9.17) is 5.41 Å². The number of halogens is 3. The van der Waals surface area contributed by atoms with E-state index in [0.29, 0.717) is 5.69 Å². The molecule has 0 amide bonds. The number of benzene rings is 2. The first-order valence-corrected chi connectivity index (χ1v) is 6.93. The van der Waals surface area contributed by atoms with E-state index in [9.17, 15) is 13.2 Å². The van der Waals surface area contributed by atoms with E-state index in [0.717, 1.165) is 17.7 Å². The van der Waals surface area contributed by atoms with Crippen molar-refractivity contribution in [2.75, 3.05) is 10.6 Å². The molecule has 0 bridgehead atoms. The molecule has 122 valence electrons. The van der Waals surface area contributed by atoms with Crippen molar-refractivity contribution in [3.05, 3.63) is 54.1 Å². The van der Waals surface area contributed by atoms with Crippen molar-refractivity contribution in [1.82, 2.24) is 0 Å². The van der Waals surface area contributed by atoms with Crippen LogP contribution < -0.4 is 15.4 Å². The molecule has 7 heteroatoms. The van der Waals surface area contributed by atoms with Crippen molar-refractivity contribution in [3.8, 4) is 5.75 Å². The highest BCUT2D eigenvalue weighted by molar-refractivity contribution is 6.01. The Balaban J connectivity index is 2.01. The lowest BCUT2D eigenvalue weighted by atomic mass is 10.1. The summed E-state index contributed by atoms with van der Waals surface area (Å²) in [6.45, 7) is 2.02. The molecule has 0 saturated heterocycles. The zero-order valence-electron chi connectivity index (χ0n) is 12.4. The van der Waals surface area contributed by atoms with E-state index in [1.54, 1.807) is 12.1 Å². The summed E-state index contributed by atoms with van der Waals surface area (Å²) in [7, 11) is 0. The Bertz CT molecular complexity index is 686. The average Bonchev–Trinajstić information content (AvgIpc) is 2.45. The number of anilines is 2. The molecular formula is C16H16F3N3O. The summed E-state index contributed by atoms with van der Waals surface area (Å²) in [6.07, 6.45) is -3.88. The van der Waals surface area contributed by atoms with Gasteiger partial charge in [0.2, 0.25) is 0 Å². The van der Waals surface area contributed by atoms with Gasteiger partial charge in [0.05, 0.1) is 0 Å². The third kappa shape index (κ3) is 5.54. The summed E-state index contributed by atoms with van der Waals surface area (Å²) in [5, 5.41) is 13.4. The highest BCUT2D eigenvalue weighted by Gasteiger charge is 2.31. The number of hydrogen-bond donors (Lipinski definition) is 3. The molecule has 0 aliphatic carbocycles. The molecule has 0 aliphatic heterocycles. The number of alkyl halides is 3. The van der Waals surface area contributed by atoms with Crippen molar-refractivity contribution in [2.45, 2.75) is 19.7 Å². The minimum absolute atomic E-state index is 0.0533. The Hall–Kier alpha value is -2.70. The average molecular weight is 323 g/mol. The van der Waals surface area contributed by atoms with Crippen LogP contribution in [0.15, 0.2) is 48.5 Å². The van der Waals surface area contributed by atoms with Crippen molar-refractivity contribution in [1.29, 1.82) is 5.41 Å². The molecule has 0 spiro atoms. The Kier molecular flexibility index (Phi) is 5.10. The van der Waals surface area contributed by atoms with Gasteiger partial charge in [0.15, 0.2) is 5.96 Å². The number of guanidine groups is 1. The number of hydrogen-bond acceptors (Lipinski definition) is 2. The summed E-state index contributed by atoms with van der Waals surface area (Å²) < 4.78 is 40.4. The molecule has 0 radical (unpaired) electrons. The molecule has 0 saturated carbocycles. The first-order valence-electron chi connectivity index (χ1n) is 6.93. The number of nitrogens with one attached hydrogen (secondary N) is 3. The van der Waals surface area contributed by atoms with E-state index >= 15 is 0 Å². The largest absolute Gasteiger partial charge is 0.573 e. The number of ether oxygens (including phenoxy) is 1. The summed E-state index contributed by atoms with van der Waals surface area (Å²) in [5.41, 5.74) is 2.16. The molecule has 23 heavy (non-hydrogen) atoms. The molecule has 0 fully saturated rings. The van der Waals surface area contributed by atoms with Crippen LogP contribution in [0.25, 0.3) is 0 Å². The van der Waals surface area contributed by atoms with Crippen LogP contribution in [0.3, 0.4) is 0 Å². The smallest absolute Gasteiger partial charge is 0.406 e. The van der Waals surface area contributed by atoms with Gasteiger partial charge in [-0.25, -0.2) is 0 Å². The van der Waals surface area contributed by atoms with Crippen LogP contribution in [0.2, 0.25) is 0 Å². The van der Waals surface area contributed by atoms with Crippen molar-refractivity contribution in [3.63, 3.8) is 0 Å². The zero-order valence-corrected chi connectivity index (χ0v) is 12.4. The molecule has 2 rings (SSSR count). The van der Waals surface area contributed by atoms with Gasteiger partial charge >= 0.3 is 6.36 Å². The fourth-order valence-corrected chi connectivity index (χ4v) is 1.96. The van der Waals surface area contributed by atoms with E-state index in [2.05, 4.69) is 15.4 Å². The van der Waals surface area contributed by atoms with Gasteiger partial charge in [-0.05, 0) is 36.2 Å². The molecule has 4 nitrogen and oxygen atoms in total. The Morgan fingerprint density at radius 3 is 2.26 bits per heavy atom. The second-order valence-electron chi connectivity index (χ2n) is 4.75. The van der Waals surface area contributed by atoms with Gasteiger partial charge < -0.3 is 15.4 Å². The first-order chi connectivity index (χ1) is 10.9. The quantitative estimate of drug-likeness (QED) is 0.569. The third-order valence-corrected chi connectivity index (χ3v) is 2.94. The summed E-state index contributed by atoms with van der Waals surface area (Å²) in [6, 6.07) is 12.9. The third-order valence-electron chi connectivity index (χ3n) is 2.94. The molecular weight excluding hydrogens is 307 g/mol. The normalized spacial score (nSPS) is 11.0. The van der Waals surface area contributed by atoms with Crippen LogP contribution in [0.5, 0.6) is 5.75 Å². The van der Waals surface area contributed by atoms with E-state index < -0.39 is 6.36 Å². The monoisotopic (exact) mass is 323 g/mol. The number of rotatable bonds is 4. The maximum atomic E-state index is 12.2. The lowest BCUT2D eigenvalue weighted by Gasteiger charge is -2.13. The Morgan fingerprint density at radius 2 is 1.65 bits per heavy atom. The zero-order chi connectivity index (χ0) is 16.9. The van der Waals surface area contributed by atoms with Gasteiger partial charge in [0, 0.05) is 17.4 Å². The van der Waals surface area contributed by atoms with Gasteiger partial charge in [0.1, 0.15) is 5.75 Å². The van der Waals surface area contributed by atoms with E-state index in [1.807, 2.05) is 25.1 Å². The maximum Gasteiger partial charge on any atom is 0.573 e. The summed E-state index contributed by atoms with van der Waals surface area (Å²) in [5.74, 6) is -0.398. The van der Waals surface area contributed by atoms with Crippen LogP contribution in [0.1, 0.15) is 12.5 Å². The Morgan fingerprint density at radius 1 is 1.04 bits per heavy atom. The fraction of sp³-hybridized carbons (Fsp3) is 0.188. The second-order valence-corrected chi connectivity index (χ2v) is 4.75. The van der Waals surface area contributed by atoms with Crippen LogP contribution in [-0.4, -0.2) is 12.3 Å².